The fourth-order valence-electron chi connectivity index (χ4n) is 2.44. The number of halogens is 1. The van der Waals surface area contributed by atoms with E-state index in [1.807, 2.05) is 25.1 Å². The second-order valence-corrected chi connectivity index (χ2v) is 5.72. The van der Waals surface area contributed by atoms with Crippen LogP contribution in [0.15, 0.2) is 48.5 Å². The number of hydrogen-bond acceptors (Lipinski definition) is 5. The zero-order valence-corrected chi connectivity index (χ0v) is 14.4. The van der Waals surface area contributed by atoms with E-state index in [1.165, 1.54) is 16.9 Å². The molecule has 2 aromatic carbocycles. The minimum Gasteiger partial charge on any atom is -0.497 e. The highest BCUT2D eigenvalue weighted by Crippen LogP contribution is 2.19. The maximum absolute atomic E-state index is 13.0. The molecule has 1 atom stereocenters. The number of methoxy groups -OCH3 is 1. The number of nitrogens with zero attached hydrogens (tertiary/aromatic N) is 4. The number of nitrogens with one attached hydrogen (secondary N) is 1. The van der Waals surface area contributed by atoms with Gasteiger partial charge < -0.3 is 10.1 Å². The van der Waals surface area contributed by atoms with Gasteiger partial charge in [-0.2, -0.15) is 4.80 Å². The van der Waals surface area contributed by atoms with Crippen molar-refractivity contribution in [2.24, 2.45) is 0 Å². The van der Waals surface area contributed by atoms with Gasteiger partial charge in [-0.1, -0.05) is 24.3 Å². The minimum absolute atomic E-state index is 0.0670. The molecule has 1 heterocycles. The van der Waals surface area contributed by atoms with E-state index in [9.17, 15) is 9.18 Å². The Hall–Kier alpha value is -3.29. The number of amides is 1. The van der Waals surface area contributed by atoms with Crippen LogP contribution in [-0.4, -0.2) is 33.2 Å². The quantitative estimate of drug-likeness (QED) is 0.734. The SMILES string of the molecule is COc1cccc(-c2nnn(CC(=O)N[C@H](C)c3ccc(F)cc3)n2)c1. The highest BCUT2D eigenvalue weighted by Gasteiger charge is 2.13. The number of aromatic nitrogens is 4. The van der Waals surface area contributed by atoms with E-state index in [-0.39, 0.29) is 24.3 Å². The molecule has 0 saturated carbocycles. The third-order valence-corrected chi connectivity index (χ3v) is 3.81. The lowest BCUT2D eigenvalue weighted by Gasteiger charge is -2.13. The molecular formula is C18H18FN5O2. The Morgan fingerprint density at radius 2 is 2.04 bits per heavy atom. The Morgan fingerprint density at radius 1 is 1.27 bits per heavy atom. The van der Waals surface area contributed by atoms with E-state index in [2.05, 4.69) is 20.7 Å². The zero-order chi connectivity index (χ0) is 18.5. The molecular weight excluding hydrogens is 337 g/mol. The number of tetrazole rings is 1. The van der Waals surface area contributed by atoms with E-state index in [1.54, 1.807) is 25.3 Å². The lowest BCUT2D eigenvalue weighted by molar-refractivity contribution is -0.122. The van der Waals surface area contributed by atoms with Crippen LogP contribution in [0.2, 0.25) is 0 Å². The molecule has 7 nitrogen and oxygen atoms in total. The number of carbonyl (C=O) groups is 1. The molecule has 0 aliphatic carbocycles. The Balaban J connectivity index is 1.63. The second kappa shape index (κ2) is 7.73. The summed E-state index contributed by atoms with van der Waals surface area (Å²) in [6.07, 6.45) is 0. The van der Waals surface area contributed by atoms with Gasteiger partial charge >= 0.3 is 0 Å². The Labute approximate surface area is 149 Å². The first-order chi connectivity index (χ1) is 12.5. The van der Waals surface area contributed by atoms with Crippen molar-refractivity contribution in [1.82, 2.24) is 25.5 Å². The van der Waals surface area contributed by atoms with Crippen LogP contribution in [0, 0.1) is 5.82 Å². The predicted octanol–water partition coefficient (Wildman–Crippen LogP) is 2.37. The van der Waals surface area contributed by atoms with Crippen LogP contribution in [0.25, 0.3) is 11.4 Å². The van der Waals surface area contributed by atoms with Gasteiger partial charge in [0.1, 0.15) is 18.1 Å². The molecule has 1 N–H and O–H groups in total. The highest BCUT2D eigenvalue weighted by molar-refractivity contribution is 5.76. The van der Waals surface area contributed by atoms with Crippen molar-refractivity contribution in [1.29, 1.82) is 0 Å². The molecule has 0 unspecified atom stereocenters. The smallest absolute Gasteiger partial charge is 0.244 e. The molecule has 0 radical (unpaired) electrons. The fourth-order valence-corrected chi connectivity index (χ4v) is 2.44. The molecule has 0 aliphatic rings. The summed E-state index contributed by atoms with van der Waals surface area (Å²) in [5.41, 5.74) is 1.55. The van der Waals surface area contributed by atoms with Gasteiger partial charge in [0.25, 0.3) is 0 Å². The Morgan fingerprint density at radius 3 is 2.77 bits per heavy atom. The summed E-state index contributed by atoms with van der Waals surface area (Å²) in [7, 11) is 1.58. The maximum atomic E-state index is 13.0. The summed E-state index contributed by atoms with van der Waals surface area (Å²) >= 11 is 0. The largest absolute Gasteiger partial charge is 0.497 e. The molecule has 3 aromatic rings. The van der Waals surface area contributed by atoms with E-state index < -0.39 is 0 Å². The number of benzene rings is 2. The van der Waals surface area contributed by atoms with Gasteiger partial charge in [0.2, 0.25) is 11.7 Å². The van der Waals surface area contributed by atoms with Gasteiger partial charge in [-0.25, -0.2) is 4.39 Å². The lowest BCUT2D eigenvalue weighted by atomic mass is 10.1. The normalized spacial score (nSPS) is 11.8. The number of ether oxygens (including phenoxy) is 1. The zero-order valence-electron chi connectivity index (χ0n) is 14.4. The van der Waals surface area contributed by atoms with E-state index >= 15 is 0 Å². The molecule has 0 bridgehead atoms. The van der Waals surface area contributed by atoms with Crippen LogP contribution >= 0.6 is 0 Å². The molecule has 26 heavy (non-hydrogen) atoms. The number of hydrogen-bond donors (Lipinski definition) is 1. The average Bonchev–Trinajstić information content (AvgIpc) is 3.10. The van der Waals surface area contributed by atoms with E-state index in [4.69, 9.17) is 4.74 Å². The summed E-state index contributed by atoms with van der Waals surface area (Å²) in [6.45, 7) is 1.75. The summed E-state index contributed by atoms with van der Waals surface area (Å²) in [4.78, 5) is 13.4. The van der Waals surface area contributed by atoms with Crippen LogP contribution in [0.4, 0.5) is 4.39 Å². The topological polar surface area (TPSA) is 81.9 Å². The third kappa shape index (κ3) is 4.21. The first-order valence-electron chi connectivity index (χ1n) is 8.02. The number of carbonyl (C=O) groups excluding carboxylic acids is 1. The first kappa shape index (κ1) is 17.5. The molecule has 0 aliphatic heterocycles. The van der Waals surface area contributed by atoms with Crippen LogP contribution in [0.5, 0.6) is 5.75 Å². The van der Waals surface area contributed by atoms with E-state index in [0.717, 1.165) is 11.1 Å². The monoisotopic (exact) mass is 355 g/mol. The van der Waals surface area contributed by atoms with Crippen molar-refractivity contribution >= 4 is 5.91 Å². The minimum atomic E-state index is -0.316. The fraction of sp³-hybridized carbons (Fsp3) is 0.222. The number of rotatable bonds is 6. The Kier molecular flexibility index (Phi) is 5.21. The molecule has 1 aromatic heterocycles. The molecule has 8 heteroatoms. The summed E-state index contributed by atoms with van der Waals surface area (Å²) in [5.74, 6) is 0.508. The van der Waals surface area contributed by atoms with E-state index in [0.29, 0.717) is 11.6 Å². The first-order valence-corrected chi connectivity index (χ1v) is 8.02. The van der Waals surface area contributed by atoms with Gasteiger partial charge in [-0.15, -0.1) is 10.2 Å². The summed E-state index contributed by atoms with van der Waals surface area (Å²) in [5, 5.41) is 14.9. The standard InChI is InChI=1S/C18H18FN5O2/c1-12(13-6-8-15(19)9-7-13)20-17(25)11-24-22-18(21-23-24)14-4-3-5-16(10-14)26-2/h3-10,12H,11H2,1-2H3,(H,20,25)/t12-/m1/s1. The molecule has 3 rings (SSSR count). The molecule has 0 fully saturated rings. The van der Waals surface area contributed by atoms with Crippen molar-refractivity contribution in [2.75, 3.05) is 7.11 Å². The van der Waals surface area contributed by atoms with Crippen molar-refractivity contribution in [2.45, 2.75) is 19.5 Å². The van der Waals surface area contributed by atoms with Gasteiger partial charge in [-0.05, 0) is 42.0 Å². The van der Waals surface area contributed by atoms with Crippen molar-refractivity contribution in [3.8, 4) is 17.1 Å². The van der Waals surface area contributed by atoms with Crippen molar-refractivity contribution in [3.63, 3.8) is 0 Å². The van der Waals surface area contributed by atoms with Crippen LogP contribution < -0.4 is 10.1 Å². The summed E-state index contributed by atoms with van der Waals surface area (Å²) in [6, 6.07) is 13.0. The summed E-state index contributed by atoms with van der Waals surface area (Å²) < 4.78 is 18.1. The van der Waals surface area contributed by atoms with Gasteiger partial charge in [0, 0.05) is 5.56 Å². The maximum Gasteiger partial charge on any atom is 0.244 e. The van der Waals surface area contributed by atoms with Crippen LogP contribution in [0.3, 0.4) is 0 Å². The lowest BCUT2D eigenvalue weighted by Crippen LogP contribution is -2.30. The van der Waals surface area contributed by atoms with Gasteiger partial charge in [0.15, 0.2) is 0 Å². The van der Waals surface area contributed by atoms with Crippen LogP contribution in [0.1, 0.15) is 18.5 Å². The Bertz CT molecular complexity index is 895. The molecule has 134 valence electrons. The molecule has 0 spiro atoms. The van der Waals surface area contributed by atoms with Gasteiger partial charge in [-0.3, -0.25) is 4.79 Å². The second-order valence-electron chi connectivity index (χ2n) is 5.72. The third-order valence-electron chi connectivity index (χ3n) is 3.81. The van der Waals surface area contributed by atoms with Crippen molar-refractivity contribution in [3.05, 3.63) is 59.9 Å². The highest BCUT2D eigenvalue weighted by atomic mass is 19.1. The predicted molar refractivity (Wildman–Crippen MR) is 92.8 cm³/mol. The molecule has 0 saturated heterocycles. The average molecular weight is 355 g/mol. The van der Waals surface area contributed by atoms with Crippen molar-refractivity contribution < 1.29 is 13.9 Å². The van der Waals surface area contributed by atoms with Crippen LogP contribution in [-0.2, 0) is 11.3 Å². The molecule has 1 amide bonds. The van der Waals surface area contributed by atoms with Gasteiger partial charge in [0.05, 0.1) is 13.2 Å².